The van der Waals surface area contributed by atoms with Gasteiger partial charge in [-0.15, -0.1) is 0 Å². The summed E-state index contributed by atoms with van der Waals surface area (Å²) < 4.78 is 4.10. The van der Waals surface area contributed by atoms with E-state index in [1.165, 1.54) is 19.6 Å². The molecule has 0 aliphatic rings. The minimum Gasteiger partial charge on any atom is -0.665 e. The molecule has 0 aliphatic heterocycles. The molecule has 0 unspecified atom stereocenters. The van der Waals surface area contributed by atoms with Crippen molar-refractivity contribution in [1.82, 2.24) is 0 Å². The van der Waals surface area contributed by atoms with Gasteiger partial charge in [-0.3, -0.25) is 0 Å². The summed E-state index contributed by atoms with van der Waals surface area (Å²) in [6.45, 7) is 12.2. The number of hydrogen-bond acceptors (Lipinski definition) is 1. The van der Waals surface area contributed by atoms with Crippen LogP contribution in [0.1, 0.15) is 34.6 Å². The van der Waals surface area contributed by atoms with Crippen LogP contribution in [0.15, 0.2) is 3.50 Å². The Labute approximate surface area is 101 Å². The summed E-state index contributed by atoms with van der Waals surface area (Å²) in [4.78, 5) is 0. The predicted octanol–water partition coefficient (Wildman–Crippen LogP) is 3.53. The first-order valence-electron chi connectivity index (χ1n) is 4.85. The van der Waals surface area contributed by atoms with Gasteiger partial charge in [0.25, 0.3) is 0 Å². The Morgan fingerprint density at radius 2 is 1.14 bits per heavy atom. The number of rotatable bonds is 2. The van der Waals surface area contributed by atoms with Crippen LogP contribution >= 0.6 is 0 Å². The molecule has 0 amide bonds. The molecular formula is C10H25N3W-2. The number of hydrogen-bond donors (Lipinski definition) is 0. The van der Waals surface area contributed by atoms with Gasteiger partial charge in [-0.2, -0.15) is 27.2 Å². The van der Waals surface area contributed by atoms with Crippen LogP contribution in [-0.2, 0) is 19.6 Å². The SMILES string of the molecule is CC(C)(C)[N]=[W].CC[N-]C.CC[N-]C. The maximum absolute atomic E-state index is 4.10. The average Bonchev–Trinajstić information content (AvgIpc) is 2.17. The fourth-order valence-corrected chi connectivity index (χ4v) is 0. The van der Waals surface area contributed by atoms with E-state index >= 15 is 0 Å². The summed E-state index contributed by atoms with van der Waals surface area (Å²) in [7, 11) is 3.61. The first-order valence-corrected chi connectivity index (χ1v) is 6.16. The summed E-state index contributed by atoms with van der Waals surface area (Å²) in [5.74, 6) is 0. The summed E-state index contributed by atoms with van der Waals surface area (Å²) in [6, 6.07) is 0. The molecule has 0 aromatic heterocycles. The Hall–Kier alpha value is 0.408. The Balaban J connectivity index is -0.000000135. The molecule has 0 aliphatic carbocycles. The Morgan fingerprint density at radius 3 is 1.14 bits per heavy atom. The molecule has 0 fully saturated rings. The van der Waals surface area contributed by atoms with Gasteiger partial charge in [-0.1, -0.05) is 13.8 Å². The zero-order valence-corrected chi connectivity index (χ0v) is 13.6. The van der Waals surface area contributed by atoms with E-state index in [9.17, 15) is 0 Å². The summed E-state index contributed by atoms with van der Waals surface area (Å²) in [5.41, 5.74) is 0.204. The largest absolute Gasteiger partial charge is 0.665 e. The maximum atomic E-state index is 4.10. The first kappa shape index (κ1) is 19.9. The number of nitrogens with zero attached hydrogens (tertiary/aromatic N) is 3. The first-order chi connectivity index (χ1) is 6.39. The topological polar surface area (TPSA) is 40.6 Å². The Kier molecular flexibility index (Phi) is 22.6. The van der Waals surface area contributed by atoms with E-state index in [1.54, 1.807) is 14.1 Å². The fraction of sp³-hybridized carbons (Fsp3) is 1.00. The third-order valence-electron chi connectivity index (χ3n) is 0.906. The van der Waals surface area contributed by atoms with E-state index in [0.717, 1.165) is 13.1 Å². The van der Waals surface area contributed by atoms with Crippen molar-refractivity contribution in [1.29, 1.82) is 0 Å². The van der Waals surface area contributed by atoms with Gasteiger partial charge in [-0.25, -0.2) is 0 Å². The molecule has 0 aromatic rings. The summed E-state index contributed by atoms with van der Waals surface area (Å²) in [6.07, 6.45) is 0. The van der Waals surface area contributed by atoms with Crippen LogP contribution in [-0.4, -0.2) is 32.7 Å². The minimum atomic E-state index is 0.204. The third-order valence-corrected chi connectivity index (χ3v) is 2.87. The molecule has 0 spiro atoms. The standard InChI is InChI=1S/C4H9N.2C3H8N.W/c1-4(2,3)5;2*1-3-4-2;/h1-3H3;2*3H2,1-2H3;/q;2*-1;. The Bertz CT molecular complexity index is 92.0. The second-order valence-electron chi connectivity index (χ2n) is 3.53. The van der Waals surface area contributed by atoms with Gasteiger partial charge in [0.1, 0.15) is 0 Å². The molecule has 14 heavy (non-hydrogen) atoms. The van der Waals surface area contributed by atoms with Gasteiger partial charge in [-0.05, 0) is 0 Å². The molecule has 0 N–H and O–H groups in total. The van der Waals surface area contributed by atoms with Crippen molar-refractivity contribution in [2.45, 2.75) is 40.2 Å². The molecule has 0 rings (SSSR count). The average molecular weight is 371 g/mol. The Morgan fingerprint density at radius 1 is 1.00 bits per heavy atom. The van der Waals surface area contributed by atoms with Crippen LogP contribution in [0.5, 0.6) is 0 Å². The van der Waals surface area contributed by atoms with Crippen LogP contribution in [0.2, 0.25) is 0 Å². The van der Waals surface area contributed by atoms with Gasteiger partial charge in [0, 0.05) is 0 Å². The molecule has 0 bridgehead atoms. The quantitative estimate of drug-likeness (QED) is 0.713. The second-order valence-corrected chi connectivity index (χ2v) is 4.18. The van der Waals surface area contributed by atoms with Crippen molar-refractivity contribution in [3.63, 3.8) is 0 Å². The predicted molar refractivity (Wildman–Crippen MR) is 61.8 cm³/mol. The summed E-state index contributed by atoms with van der Waals surface area (Å²) >= 11 is 1.32. The van der Waals surface area contributed by atoms with Crippen molar-refractivity contribution in [3.8, 4) is 0 Å². The van der Waals surface area contributed by atoms with E-state index < -0.39 is 0 Å². The van der Waals surface area contributed by atoms with Crippen LogP contribution in [0, 0.1) is 0 Å². The molecule has 0 atom stereocenters. The van der Waals surface area contributed by atoms with Gasteiger partial charge >= 0.3 is 49.4 Å². The molecule has 0 saturated heterocycles. The maximum Gasteiger partial charge on any atom is -0.0844 e. The van der Waals surface area contributed by atoms with Crippen molar-refractivity contribution in [3.05, 3.63) is 10.6 Å². The summed E-state index contributed by atoms with van der Waals surface area (Å²) in [5, 5.41) is 7.47. The second kappa shape index (κ2) is 15.9. The van der Waals surface area contributed by atoms with Crippen LogP contribution in [0.25, 0.3) is 10.6 Å². The van der Waals surface area contributed by atoms with Crippen molar-refractivity contribution < 1.29 is 19.6 Å². The van der Waals surface area contributed by atoms with Crippen LogP contribution in [0.3, 0.4) is 0 Å². The molecule has 0 saturated carbocycles. The van der Waals surface area contributed by atoms with Crippen LogP contribution < -0.4 is 0 Å². The molecule has 0 aromatic carbocycles. The van der Waals surface area contributed by atoms with E-state index in [0.29, 0.717) is 0 Å². The normalized spacial score (nSPS) is 9.07. The zero-order chi connectivity index (χ0) is 12.0. The van der Waals surface area contributed by atoms with E-state index in [4.69, 9.17) is 0 Å². The molecule has 0 radical (unpaired) electrons. The van der Waals surface area contributed by atoms with E-state index in [-0.39, 0.29) is 5.54 Å². The van der Waals surface area contributed by atoms with Crippen molar-refractivity contribution in [2.75, 3.05) is 27.2 Å². The molecule has 4 heteroatoms. The van der Waals surface area contributed by atoms with Gasteiger partial charge in [0.05, 0.1) is 0 Å². The molecule has 0 heterocycles. The third kappa shape index (κ3) is 55.2. The van der Waals surface area contributed by atoms with Gasteiger partial charge < -0.3 is 10.6 Å². The van der Waals surface area contributed by atoms with Crippen LogP contribution in [0.4, 0.5) is 0 Å². The van der Waals surface area contributed by atoms with E-state index in [2.05, 4.69) is 34.9 Å². The minimum absolute atomic E-state index is 0.204. The molecule has 3 nitrogen and oxygen atoms in total. The zero-order valence-electron chi connectivity index (χ0n) is 10.7. The van der Waals surface area contributed by atoms with Gasteiger partial charge in [0.15, 0.2) is 0 Å². The molecule has 88 valence electrons. The smallest absolute Gasteiger partial charge is 0.0844 e. The fourth-order valence-electron chi connectivity index (χ4n) is 0. The monoisotopic (exact) mass is 371 g/mol. The van der Waals surface area contributed by atoms with Crippen molar-refractivity contribution >= 4 is 0 Å². The van der Waals surface area contributed by atoms with Gasteiger partial charge in [0.2, 0.25) is 0 Å². The van der Waals surface area contributed by atoms with Crippen molar-refractivity contribution in [2.24, 2.45) is 3.50 Å². The molecular weight excluding hydrogens is 346 g/mol. The van der Waals surface area contributed by atoms with E-state index in [1.807, 2.05) is 13.8 Å².